The van der Waals surface area contributed by atoms with E-state index >= 15 is 0 Å². The molecule has 0 atom stereocenters. The first-order valence-corrected chi connectivity index (χ1v) is 6.84. The Bertz CT molecular complexity index is 864. The van der Waals surface area contributed by atoms with Crippen LogP contribution in [0.2, 0.25) is 0 Å². The lowest BCUT2D eigenvalue weighted by Gasteiger charge is -2.07. The first kappa shape index (κ1) is 15.1. The Hall–Kier alpha value is -2.76. The number of fused-ring (bicyclic) bond motifs is 1. The molecule has 0 amide bonds. The molecule has 1 N–H and O–H groups in total. The monoisotopic (exact) mass is 319 g/mol. The Morgan fingerprint density at radius 2 is 1.78 bits per heavy atom. The molecule has 0 fully saturated rings. The largest absolute Gasteiger partial charge is 0.477 e. The highest BCUT2D eigenvalue weighted by Gasteiger charge is 2.29. The maximum atomic E-state index is 12.6. The highest BCUT2D eigenvalue weighted by molar-refractivity contribution is 5.88. The van der Waals surface area contributed by atoms with E-state index in [0.29, 0.717) is 12.0 Å². The molecule has 6 heteroatoms. The van der Waals surface area contributed by atoms with Gasteiger partial charge in [-0.2, -0.15) is 13.2 Å². The highest BCUT2D eigenvalue weighted by Crippen LogP contribution is 2.29. The van der Waals surface area contributed by atoms with Crippen LogP contribution in [0, 0.1) is 0 Å². The molecule has 0 aliphatic carbocycles. The molecule has 23 heavy (non-hydrogen) atoms. The van der Waals surface area contributed by atoms with Gasteiger partial charge in [-0.25, -0.2) is 4.79 Å². The van der Waals surface area contributed by atoms with Crippen molar-refractivity contribution in [2.45, 2.75) is 12.6 Å². The summed E-state index contributed by atoms with van der Waals surface area (Å²) in [6, 6.07) is 11.7. The van der Waals surface area contributed by atoms with Crippen LogP contribution in [0.5, 0.6) is 0 Å². The van der Waals surface area contributed by atoms with Gasteiger partial charge in [-0.1, -0.05) is 18.2 Å². The van der Waals surface area contributed by atoms with Crippen molar-refractivity contribution in [2.75, 3.05) is 0 Å². The third-order valence-electron chi connectivity index (χ3n) is 3.65. The van der Waals surface area contributed by atoms with Crippen LogP contribution in [0.4, 0.5) is 13.2 Å². The topological polar surface area (TPSA) is 41.7 Å². The van der Waals surface area contributed by atoms with Gasteiger partial charge in [0.05, 0.1) is 5.56 Å². The number of carboxylic acid groups (broad SMARTS) is 1. The molecule has 0 spiro atoms. The standard InChI is InChI=1S/C17H12F3NO2/c18-17(19,20)13-6-4-11(5-7-13)9-12-10-15(16(22)23)21-8-2-1-3-14(12)21/h1-8,10H,9H2,(H,22,23). The Morgan fingerprint density at radius 3 is 2.39 bits per heavy atom. The van der Waals surface area contributed by atoms with Gasteiger partial charge in [0.15, 0.2) is 0 Å². The predicted octanol–water partition coefficient (Wildman–Crippen LogP) is 4.25. The molecule has 3 aromatic rings. The van der Waals surface area contributed by atoms with Crippen molar-refractivity contribution in [3.8, 4) is 0 Å². The van der Waals surface area contributed by atoms with E-state index < -0.39 is 17.7 Å². The zero-order chi connectivity index (χ0) is 16.6. The van der Waals surface area contributed by atoms with Gasteiger partial charge in [0, 0.05) is 11.7 Å². The van der Waals surface area contributed by atoms with E-state index in [1.165, 1.54) is 12.1 Å². The second kappa shape index (κ2) is 5.46. The number of aromatic nitrogens is 1. The van der Waals surface area contributed by atoms with Crippen LogP contribution in [0.25, 0.3) is 5.52 Å². The van der Waals surface area contributed by atoms with Crippen LogP contribution >= 0.6 is 0 Å². The average Bonchev–Trinajstić information content (AvgIpc) is 2.86. The van der Waals surface area contributed by atoms with Crippen molar-refractivity contribution in [1.82, 2.24) is 4.40 Å². The van der Waals surface area contributed by atoms with E-state index in [4.69, 9.17) is 0 Å². The predicted molar refractivity (Wildman–Crippen MR) is 78.6 cm³/mol. The number of hydrogen-bond acceptors (Lipinski definition) is 1. The summed E-state index contributed by atoms with van der Waals surface area (Å²) in [4.78, 5) is 11.3. The van der Waals surface area contributed by atoms with Gasteiger partial charge in [-0.3, -0.25) is 0 Å². The van der Waals surface area contributed by atoms with Gasteiger partial charge in [-0.15, -0.1) is 0 Å². The van der Waals surface area contributed by atoms with Crippen molar-refractivity contribution >= 4 is 11.5 Å². The highest BCUT2D eigenvalue weighted by atomic mass is 19.4. The molecule has 0 aliphatic heterocycles. The van der Waals surface area contributed by atoms with Gasteiger partial charge in [-0.05, 0) is 47.9 Å². The minimum atomic E-state index is -4.36. The lowest BCUT2D eigenvalue weighted by atomic mass is 10.0. The smallest absolute Gasteiger partial charge is 0.416 e. The zero-order valence-electron chi connectivity index (χ0n) is 11.8. The van der Waals surface area contributed by atoms with Crippen LogP contribution in [0.15, 0.2) is 54.7 Å². The number of aromatic carboxylic acids is 1. The summed E-state index contributed by atoms with van der Waals surface area (Å²) in [6.45, 7) is 0. The fourth-order valence-corrected chi connectivity index (χ4v) is 2.56. The molecule has 3 nitrogen and oxygen atoms in total. The van der Waals surface area contributed by atoms with E-state index in [2.05, 4.69) is 0 Å². The fourth-order valence-electron chi connectivity index (χ4n) is 2.56. The molecule has 0 unspecified atom stereocenters. The van der Waals surface area contributed by atoms with Crippen LogP contribution in [0.3, 0.4) is 0 Å². The van der Waals surface area contributed by atoms with Gasteiger partial charge in [0.25, 0.3) is 0 Å². The zero-order valence-corrected chi connectivity index (χ0v) is 11.8. The van der Waals surface area contributed by atoms with Gasteiger partial charge in [0.1, 0.15) is 5.69 Å². The first-order chi connectivity index (χ1) is 10.9. The van der Waals surface area contributed by atoms with Crippen molar-refractivity contribution in [3.63, 3.8) is 0 Å². The van der Waals surface area contributed by atoms with E-state index in [1.807, 2.05) is 0 Å². The first-order valence-electron chi connectivity index (χ1n) is 6.84. The minimum Gasteiger partial charge on any atom is -0.477 e. The SMILES string of the molecule is O=C(O)c1cc(Cc2ccc(C(F)(F)F)cc2)c2ccccn12. The number of pyridine rings is 1. The van der Waals surface area contributed by atoms with Crippen molar-refractivity contribution < 1.29 is 23.1 Å². The summed E-state index contributed by atoms with van der Waals surface area (Å²) in [5, 5.41) is 9.24. The maximum Gasteiger partial charge on any atom is 0.416 e. The number of alkyl halides is 3. The Kier molecular flexibility index (Phi) is 3.60. The normalized spacial score (nSPS) is 11.8. The number of nitrogens with zero attached hydrogens (tertiary/aromatic N) is 1. The molecule has 1 aromatic carbocycles. The summed E-state index contributed by atoms with van der Waals surface area (Å²) in [5.41, 5.74) is 1.59. The summed E-state index contributed by atoms with van der Waals surface area (Å²) < 4.78 is 39.3. The molecule has 0 aliphatic rings. The number of carboxylic acids is 1. The van der Waals surface area contributed by atoms with Gasteiger partial charge in [0.2, 0.25) is 0 Å². The fraction of sp³-hybridized carbons (Fsp3) is 0.118. The maximum absolute atomic E-state index is 12.6. The van der Waals surface area contributed by atoms with Crippen molar-refractivity contribution in [1.29, 1.82) is 0 Å². The van der Waals surface area contributed by atoms with Crippen molar-refractivity contribution in [2.24, 2.45) is 0 Å². The van der Waals surface area contributed by atoms with Crippen LogP contribution in [-0.4, -0.2) is 15.5 Å². The summed E-state index contributed by atoms with van der Waals surface area (Å²) in [6.07, 6.45) is -2.36. The van der Waals surface area contributed by atoms with E-state index in [1.54, 1.807) is 34.9 Å². The minimum absolute atomic E-state index is 0.127. The Morgan fingerprint density at radius 1 is 1.09 bits per heavy atom. The number of carbonyl (C=O) groups is 1. The second-order valence-electron chi connectivity index (χ2n) is 5.19. The number of rotatable bonds is 3. The number of benzene rings is 1. The average molecular weight is 319 g/mol. The molecular formula is C17H12F3NO2. The third kappa shape index (κ3) is 2.92. The van der Waals surface area contributed by atoms with Crippen LogP contribution in [0.1, 0.15) is 27.2 Å². The van der Waals surface area contributed by atoms with Gasteiger partial charge >= 0.3 is 12.1 Å². The second-order valence-corrected chi connectivity index (χ2v) is 5.19. The third-order valence-corrected chi connectivity index (χ3v) is 3.65. The molecule has 0 saturated heterocycles. The molecule has 2 aromatic heterocycles. The van der Waals surface area contributed by atoms with Crippen LogP contribution in [-0.2, 0) is 12.6 Å². The van der Waals surface area contributed by atoms with Gasteiger partial charge < -0.3 is 9.51 Å². The van der Waals surface area contributed by atoms with E-state index in [0.717, 1.165) is 23.2 Å². The van der Waals surface area contributed by atoms with E-state index in [9.17, 15) is 23.1 Å². The Balaban J connectivity index is 1.97. The number of halogens is 3. The van der Waals surface area contributed by atoms with Crippen molar-refractivity contribution in [3.05, 3.63) is 77.1 Å². The lowest BCUT2D eigenvalue weighted by Crippen LogP contribution is -2.04. The molecule has 2 heterocycles. The van der Waals surface area contributed by atoms with Crippen LogP contribution < -0.4 is 0 Å². The summed E-state index contributed by atoms with van der Waals surface area (Å²) in [7, 11) is 0. The summed E-state index contributed by atoms with van der Waals surface area (Å²) in [5.74, 6) is -1.05. The molecule has 3 rings (SSSR count). The molecule has 0 saturated carbocycles. The molecule has 118 valence electrons. The molecular weight excluding hydrogens is 307 g/mol. The molecule has 0 bridgehead atoms. The molecule has 0 radical (unpaired) electrons. The lowest BCUT2D eigenvalue weighted by molar-refractivity contribution is -0.137. The Labute approximate surface area is 129 Å². The summed E-state index contributed by atoms with van der Waals surface area (Å²) >= 11 is 0. The van der Waals surface area contributed by atoms with E-state index in [-0.39, 0.29) is 5.69 Å². The number of hydrogen-bond donors (Lipinski definition) is 1. The quantitative estimate of drug-likeness (QED) is 0.784.